The van der Waals surface area contributed by atoms with Gasteiger partial charge in [-0.05, 0) is 56.3 Å². The summed E-state index contributed by atoms with van der Waals surface area (Å²) in [4.78, 5) is 16.0. The van der Waals surface area contributed by atoms with Gasteiger partial charge in [-0.15, -0.1) is 0 Å². The zero-order chi connectivity index (χ0) is 23.4. The Hall–Kier alpha value is -3.45. The molecule has 172 valence electrons. The third-order valence-corrected chi connectivity index (χ3v) is 5.60. The van der Waals surface area contributed by atoms with E-state index in [0.717, 1.165) is 35.6 Å². The maximum Gasteiger partial charge on any atom is 0.225 e. The normalized spacial score (nSPS) is 12.8. The molecule has 0 spiro atoms. The van der Waals surface area contributed by atoms with Crippen LogP contribution in [0.1, 0.15) is 32.4 Å². The number of hydrogen-bond acceptors (Lipinski definition) is 6. The average Bonchev–Trinajstić information content (AvgIpc) is 3.21. The molecule has 33 heavy (non-hydrogen) atoms. The van der Waals surface area contributed by atoms with Gasteiger partial charge in [-0.1, -0.05) is 44.2 Å². The summed E-state index contributed by atoms with van der Waals surface area (Å²) in [6, 6.07) is 18.6. The molecule has 2 N–H and O–H groups in total. The van der Waals surface area contributed by atoms with E-state index in [-0.39, 0.29) is 11.5 Å². The molecule has 0 unspecified atom stereocenters. The highest BCUT2D eigenvalue weighted by atomic mass is 15.2. The molecular formula is C26H33N7. The van der Waals surface area contributed by atoms with E-state index in [4.69, 9.17) is 4.98 Å². The number of nitrogens with one attached hydrogen (secondary N) is 2. The van der Waals surface area contributed by atoms with Crippen molar-refractivity contribution < 1.29 is 0 Å². The van der Waals surface area contributed by atoms with Crippen molar-refractivity contribution in [3.05, 3.63) is 72.7 Å². The molecule has 2 aromatic heterocycles. The van der Waals surface area contributed by atoms with Gasteiger partial charge < -0.3 is 15.5 Å². The highest BCUT2D eigenvalue weighted by Gasteiger charge is 2.19. The first kappa shape index (κ1) is 22.7. The molecule has 0 bridgehead atoms. The van der Waals surface area contributed by atoms with Crippen molar-refractivity contribution in [3.63, 3.8) is 0 Å². The molecule has 4 aromatic rings. The lowest BCUT2D eigenvalue weighted by Gasteiger charge is -2.28. The van der Waals surface area contributed by atoms with E-state index in [1.165, 1.54) is 5.56 Å². The predicted molar refractivity (Wildman–Crippen MR) is 136 cm³/mol. The number of benzene rings is 2. The number of nitrogens with zero attached hydrogens (tertiary/aromatic N) is 5. The van der Waals surface area contributed by atoms with Crippen LogP contribution in [-0.4, -0.2) is 51.6 Å². The van der Waals surface area contributed by atoms with Crippen LogP contribution in [0.2, 0.25) is 0 Å². The number of anilines is 2. The molecule has 0 saturated carbocycles. The van der Waals surface area contributed by atoms with Gasteiger partial charge in [0, 0.05) is 25.0 Å². The fourth-order valence-corrected chi connectivity index (χ4v) is 4.13. The molecule has 1 atom stereocenters. The minimum Gasteiger partial charge on any atom is -0.384 e. The van der Waals surface area contributed by atoms with E-state index >= 15 is 0 Å². The molecule has 0 aliphatic carbocycles. The summed E-state index contributed by atoms with van der Waals surface area (Å²) in [7, 11) is 4.22. The van der Waals surface area contributed by atoms with Crippen LogP contribution >= 0.6 is 0 Å². The first-order valence-corrected chi connectivity index (χ1v) is 11.3. The summed E-state index contributed by atoms with van der Waals surface area (Å²) in [5.41, 5.74) is 4.36. The number of fused-ring (bicyclic) bond motifs is 1. The van der Waals surface area contributed by atoms with Crippen LogP contribution in [0.3, 0.4) is 0 Å². The Morgan fingerprint density at radius 1 is 1.03 bits per heavy atom. The number of imidazole rings is 1. The van der Waals surface area contributed by atoms with E-state index in [2.05, 4.69) is 90.7 Å². The van der Waals surface area contributed by atoms with Crippen molar-refractivity contribution in [3.8, 4) is 5.82 Å². The van der Waals surface area contributed by atoms with Crippen molar-refractivity contribution in [2.75, 3.05) is 37.8 Å². The number of hydrogen-bond donors (Lipinski definition) is 2. The van der Waals surface area contributed by atoms with Crippen molar-refractivity contribution >= 4 is 22.7 Å². The fraction of sp³-hybridized carbons (Fsp3) is 0.346. The Morgan fingerprint density at radius 2 is 1.82 bits per heavy atom. The van der Waals surface area contributed by atoms with Gasteiger partial charge in [0.15, 0.2) is 0 Å². The van der Waals surface area contributed by atoms with Crippen LogP contribution in [0.4, 0.5) is 11.6 Å². The topological polar surface area (TPSA) is 70.9 Å². The zero-order valence-electron chi connectivity index (χ0n) is 20.1. The first-order chi connectivity index (χ1) is 15.8. The van der Waals surface area contributed by atoms with E-state index in [1.54, 1.807) is 6.20 Å². The molecule has 0 saturated heterocycles. The van der Waals surface area contributed by atoms with E-state index in [9.17, 15) is 0 Å². The van der Waals surface area contributed by atoms with Crippen LogP contribution < -0.4 is 10.6 Å². The minimum atomic E-state index is 0.103. The van der Waals surface area contributed by atoms with Gasteiger partial charge in [-0.2, -0.15) is 4.98 Å². The molecule has 2 aromatic carbocycles. The highest BCUT2D eigenvalue weighted by Crippen LogP contribution is 2.24. The van der Waals surface area contributed by atoms with Crippen LogP contribution in [0.15, 0.2) is 67.1 Å². The van der Waals surface area contributed by atoms with Crippen molar-refractivity contribution in [1.82, 2.24) is 24.4 Å². The number of aromatic nitrogens is 4. The summed E-state index contributed by atoms with van der Waals surface area (Å²) >= 11 is 0. The smallest absolute Gasteiger partial charge is 0.225 e. The van der Waals surface area contributed by atoms with Crippen molar-refractivity contribution in [2.24, 2.45) is 5.41 Å². The van der Waals surface area contributed by atoms with Gasteiger partial charge in [-0.3, -0.25) is 4.57 Å². The Kier molecular flexibility index (Phi) is 6.60. The molecule has 0 aliphatic rings. The second-order valence-corrected chi connectivity index (χ2v) is 9.59. The monoisotopic (exact) mass is 443 g/mol. The average molecular weight is 444 g/mol. The molecule has 0 fully saturated rings. The van der Waals surface area contributed by atoms with Crippen LogP contribution in [0.5, 0.6) is 0 Å². The highest BCUT2D eigenvalue weighted by molar-refractivity contribution is 5.81. The van der Waals surface area contributed by atoms with Crippen LogP contribution in [-0.2, 0) is 0 Å². The quantitative estimate of drug-likeness (QED) is 0.380. The van der Waals surface area contributed by atoms with Crippen molar-refractivity contribution in [1.29, 1.82) is 0 Å². The first-order valence-electron chi connectivity index (χ1n) is 11.3. The predicted octanol–water partition coefficient (Wildman–Crippen LogP) is 4.99. The van der Waals surface area contributed by atoms with Crippen LogP contribution in [0, 0.1) is 5.41 Å². The van der Waals surface area contributed by atoms with E-state index < -0.39 is 0 Å². The zero-order valence-corrected chi connectivity index (χ0v) is 20.1. The summed E-state index contributed by atoms with van der Waals surface area (Å²) < 4.78 is 2.00. The van der Waals surface area contributed by atoms with E-state index in [1.807, 2.05) is 35.2 Å². The Bertz CT molecular complexity index is 1200. The summed E-state index contributed by atoms with van der Waals surface area (Å²) in [5, 5.41) is 6.96. The second-order valence-electron chi connectivity index (χ2n) is 9.59. The maximum atomic E-state index is 4.73. The Labute approximate surface area is 195 Å². The lowest BCUT2D eigenvalue weighted by Crippen LogP contribution is -2.34. The summed E-state index contributed by atoms with van der Waals surface area (Å²) in [6.07, 6.45) is 3.59. The van der Waals surface area contributed by atoms with Gasteiger partial charge in [0.2, 0.25) is 5.95 Å². The molecule has 0 radical (unpaired) electrons. The molecule has 0 aliphatic heterocycles. The standard InChI is InChI=1S/C26H33N7/c1-19(20-9-7-6-8-10-20)30-25-27-14-13-24(31-25)33-18-29-22-15-21(11-12-23(22)33)28-16-26(2,3)17-32(4)5/h6-15,18-19,28H,16-17H2,1-5H3,(H,27,30,31)/t19-/m0/s1. The van der Waals surface area contributed by atoms with Gasteiger partial charge in [-0.25, -0.2) is 9.97 Å². The summed E-state index contributed by atoms with van der Waals surface area (Å²) in [6.45, 7) is 8.55. The molecule has 4 rings (SSSR count). The van der Waals surface area contributed by atoms with Gasteiger partial charge in [0.05, 0.1) is 17.1 Å². The van der Waals surface area contributed by atoms with Gasteiger partial charge in [0.25, 0.3) is 0 Å². The molecule has 2 heterocycles. The minimum absolute atomic E-state index is 0.103. The van der Waals surface area contributed by atoms with Gasteiger partial charge >= 0.3 is 0 Å². The third-order valence-electron chi connectivity index (χ3n) is 5.60. The van der Waals surface area contributed by atoms with E-state index in [0.29, 0.717) is 5.95 Å². The molecular weight excluding hydrogens is 410 g/mol. The number of rotatable bonds is 9. The van der Waals surface area contributed by atoms with Crippen LogP contribution in [0.25, 0.3) is 16.9 Å². The molecule has 0 amide bonds. The Balaban J connectivity index is 1.50. The second kappa shape index (κ2) is 9.58. The SMILES string of the molecule is C[C@H](Nc1nccc(-n2cnc3cc(NCC(C)(C)CN(C)C)ccc32)n1)c1ccccc1. The lowest BCUT2D eigenvalue weighted by molar-refractivity contribution is 0.254. The summed E-state index contributed by atoms with van der Waals surface area (Å²) in [5.74, 6) is 1.37. The molecule has 7 heteroatoms. The Morgan fingerprint density at radius 3 is 2.58 bits per heavy atom. The van der Waals surface area contributed by atoms with Gasteiger partial charge in [0.1, 0.15) is 12.1 Å². The van der Waals surface area contributed by atoms with Crippen molar-refractivity contribution in [2.45, 2.75) is 26.8 Å². The molecule has 7 nitrogen and oxygen atoms in total. The third kappa shape index (κ3) is 5.68. The maximum absolute atomic E-state index is 4.73. The largest absolute Gasteiger partial charge is 0.384 e. The fourth-order valence-electron chi connectivity index (χ4n) is 4.13. The lowest BCUT2D eigenvalue weighted by atomic mass is 9.93.